The molecule has 0 spiro atoms. The summed E-state index contributed by atoms with van der Waals surface area (Å²) in [5.41, 5.74) is 7.85. The van der Waals surface area contributed by atoms with E-state index in [1.54, 1.807) is 12.3 Å². The van der Waals surface area contributed by atoms with E-state index in [4.69, 9.17) is 5.73 Å². The lowest BCUT2D eigenvalue weighted by molar-refractivity contribution is -0.141. The van der Waals surface area contributed by atoms with Crippen molar-refractivity contribution >= 4 is 35.3 Å². The predicted octanol–water partition coefficient (Wildman–Crippen LogP) is 3.39. The van der Waals surface area contributed by atoms with Crippen molar-refractivity contribution in [1.82, 2.24) is 25.0 Å². The predicted molar refractivity (Wildman–Crippen MR) is 204 cm³/mol. The molecule has 1 aliphatic heterocycles. The molecule has 0 aliphatic carbocycles. The first-order valence-electron chi connectivity index (χ1n) is 18.5. The second-order valence-electron chi connectivity index (χ2n) is 14.8. The number of aromatic nitrogens is 1. The Labute approximate surface area is 324 Å². The highest BCUT2D eigenvalue weighted by atomic mass is 19.1. The maximum Gasteiger partial charge on any atom is 0.254 e. The maximum absolute atomic E-state index is 15.0. The van der Waals surface area contributed by atoms with Gasteiger partial charge in [-0.3, -0.25) is 33.7 Å². The molecule has 0 bridgehead atoms. The molecule has 0 saturated carbocycles. The van der Waals surface area contributed by atoms with E-state index in [0.29, 0.717) is 24.2 Å². The Balaban J connectivity index is 1.34. The molecule has 0 saturated heterocycles. The molecule has 1 aromatic heterocycles. The summed E-state index contributed by atoms with van der Waals surface area (Å²) in [4.78, 5) is 75.9. The number of amides is 5. The third-order valence-electron chi connectivity index (χ3n) is 9.32. The van der Waals surface area contributed by atoms with Crippen molar-refractivity contribution < 1.29 is 42.7 Å². The fourth-order valence-corrected chi connectivity index (χ4v) is 6.52. The van der Waals surface area contributed by atoms with Gasteiger partial charge in [-0.25, -0.2) is 8.78 Å². The summed E-state index contributed by atoms with van der Waals surface area (Å²) >= 11 is 0. The van der Waals surface area contributed by atoms with Gasteiger partial charge in [-0.15, -0.1) is 0 Å². The van der Waals surface area contributed by atoms with Crippen molar-refractivity contribution in [2.45, 2.75) is 71.5 Å². The molecule has 15 heteroatoms. The molecule has 0 unspecified atom stereocenters. The van der Waals surface area contributed by atoms with Gasteiger partial charge in [0.25, 0.3) is 11.8 Å². The third-order valence-corrected chi connectivity index (χ3v) is 9.32. The molecule has 56 heavy (non-hydrogen) atoms. The number of imide groups is 1. The minimum Gasteiger partial charge on any atom is -0.387 e. The Kier molecular flexibility index (Phi) is 15.3. The van der Waals surface area contributed by atoms with E-state index in [-0.39, 0.29) is 62.6 Å². The van der Waals surface area contributed by atoms with E-state index < -0.39 is 65.9 Å². The van der Waals surface area contributed by atoms with Gasteiger partial charge in [-0.1, -0.05) is 51.1 Å². The summed E-state index contributed by atoms with van der Waals surface area (Å²) in [6.45, 7) is 5.33. The number of carbonyl (C=O) groups is 6. The number of Topliss-reactive ketones (excluding diaryl/α,β-unsaturated/α-hetero) is 1. The van der Waals surface area contributed by atoms with Gasteiger partial charge in [-0.05, 0) is 48.1 Å². The molecule has 2 aromatic carbocycles. The van der Waals surface area contributed by atoms with Crippen molar-refractivity contribution in [2.24, 2.45) is 11.1 Å². The maximum atomic E-state index is 15.0. The number of nitrogens with zero attached hydrogens (tertiary/aromatic N) is 3. The van der Waals surface area contributed by atoms with Crippen LogP contribution in [0.1, 0.15) is 70.2 Å². The lowest BCUT2D eigenvalue weighted by Crippen LogP contribution is -2.46. The average molecular weight is 777 g/mol. The van der Waals surface area contributed by atoms with Gasteiger partial charge in [-0.2, -0.15) is 0 Å². The first-order chi connectivity index (χ1) is 26.6. The Hall–Kier alpha value is -5.54. The van der Waals surface area contributed by atoms with Crippen LogP contribution >= 0.6 is 0 Å². The zero-order valence-corrected chi connectivity index (χ0v) is 31.9. The van der Waals surface area contributed by atoms with Crippen LogP contribution in [0.3, 0.4) is 0 Å². The van der Waals surface area contributed by atoms with Gasteiger partial charge in [0, 0.05) is 86.7 Å². The highest BCUT2D eigenvalue weighted by Gasteiger charge is 2.37. The minimum absolute atomic E-state index is 0.0202. The molecule has 13 nitrogen and oxygen atoms in total. The number of rotatable bonds is 20. The van der Waals surface area contributed by atoms with Crippen LogP contribution in [0.2, 0.25) is 0 Å². The number of hydrogen-bond donors (Lipinski definition) is 4. The highest BCUT2D eigenvalue weighted by Crippen LogP contribution is 2.41. The van der Waals surface area contributed by atoms with Crippen molar-refractivity contribution in [3.63, 3.8) is 0 Å². The number of aliphatic hydroxyl groups excluding tert-OH is 1. The number of carbonyl (C=O) groups excluding carboxylic acids is 6. The lowest BCUT2D eigenvalue weighted by atomic mass is 9.82. The molecular formula is C41H50F2N6O7. The number of ketones is 1. The van der Waals surface area contributed by atoms with Gasteiger partial charge in [0.2, 0.25) is 17.7 Å². The topological polar surface area (TPSA) is 184 Å². The number of hydrogen-bond acceptors (Lipinski definition) is 8. The first kappa shape index (κ1) is 43.2. The highest BCUT2D eigenvalue weighted by molar-refractivity contribution is 6.14. The molecule has 4 rings (SSSR count). The smallest absolute Gasteiger partial charge is 0.254 e. The van der Waals surface area contributed by atoms with Gasteiger partial charge < -0.3 is 30.9 Å². The van der Waals surface area contributed by atoms with Crippen LogP contribution in [0, 0.1) is 17.0 Å². The lowest BCUT2D eigenvalue weighted by Gasteiger charge is -2.41. The second-order valence-corrected chi connectivity index (χ2v) is 14.8. The molecule has 3 aromatic rings. The van der Waals surface area contributed by atoms with Crippen LogP contribution in [0.15, 0.2) is 72.9 Å². The molecule has 2 heterocycles. The van der Waals surface area contributed by atoms with Crippen molar-refractivity contribution in [3.8, 4) is 11.1 Å². The fraction of sp³-hybridized carbons (Fsp3) is 0.415. The summed E-state index contributed by atoms with van der Waals surface area (Å²) in [5.74, 6) is -3.97. The molecule has 0 radical (unpaired) electrons. The summed E-state index contributed by atoms with van der Waals surface area (Å²) < 4.78 is 31.2. The van der Waals surface area contributed by atoms with Crippen LogP contribution in [0.4, 0.5) is 8.78 Å². The Bertz CT molecular complexity index is 1910. The normalized spacial score (nSPS) is 13.8. The first-order valence-corrected chi connectivity index (χ1v) is 18.5. The van der Waals surface area contributed by atoms with Gasteiger partial charge >= 0.3 is 0 Å². The molecule has 2 atom stereocenters. The van der Waals surface area contributed by atoms with E-state index in [1.807, 2.05) is 55.7 Å². The van der Waals surface area contributed by atoms with Crippen LogP contribution in [0.25, 0.3) is 11.1 Å². The molecule has 0 fully saturated rings. The summed E-state index contributed by atoms with van der Waals surface area (Å²) in [6, 6.07) is 13.3. The Morgan fingerprint density at radius 2 is 1.61 bits per heavy atom. The van der Waals surface area contributed by atoms with Crippen LogP contribution < -0.4 is 16.4 Å². The number of benzene rings is 2. The monoisotopic (exact) mass is 776 g/mol. The average Bonchev–Trinajstić information content (AvgIpc) is 3.71. The van der Waals surface area contributed by atoms with Crippen molar-refractivity contribution in [2.75, 3.05) is 32.8 Å². The van der Waals surface area contributed by atoms with E-state index in [2.05, 4.69) is 10.6 Å². The van der Waals surface area contributed by atoms with Gasteiger partial charge in [0.05, 0.1) is 6.04 Å². The SMILES string of the molecule is CC(C)(C)[C@H](c1cc(-c2cc(F)ccc2F)cn1Cc1ccccc1)N(CC[C@H](N)CNC(=O)CCC(=O)CCCNC(=O)CN1C(=O)C=CC1=O)C(=O)CO. The van der Waals surface area contributed by atoms with E-state index in [0.717, 1.165) is 40.8 Å². The third kappa shape index (κ3) is 12.2. The zero-order chi connectivity index (χ0) is 41.0. The minimum atomic E-state index is -0.776. The number of nitrogens with two attached hydrogens (primary N) is 1. The van der Waals surface area contributed by atoms with Crippen molar-refractivity contribution in [3.05, 3.63) is 95.8 Å². The Morgan fingerprint density at radius 3 is 2.27 bits per heavy atom. The largest absolute Gasteiger partial charge is 0.387 e. The van der Waals surface area contributed by atoms with Crippen LogP contribution in [-0.2, 0) is 35.3 Å². The number of halogens is 2. The number of nitrogens with one attached hydrogen (secondary N) is 2. The molecule has 5 N–H and O–H groups in total. The van der Waals surface area contributed by atoms with Gasteiger partial charge in [0.15, 0.2) is 0 Å². The molecule has 1 aliphatic rings. The standard InChI is InChI=1S/C41H50F2N6O7/c1-41(2,3)40(34-20-28(32-21-29(42)11-13-33(32)43)24-47(34)23-27-8-5-4-6-9-27)48(39(56)26-50)19-17-30(44)22-46-35(52)14-12-31(51)10-7-18-45-36(53)25-49-37(54)15-16-38(49)55/h4-6,8-9,11,13,15-16,20-21,24,30,40,50H,7,10,12,14,17-19,22-23,25-26,44H2,1-3H3,(H,45,53)(H,46,52)/t30-,40-/m0/s1. The fourth-order valence-electron chi connectivity index (χ4n) is 6.52. The van der Waals surface area contributed by atoms with E-state index in [9.17, 15) is 38.3 Å². The molecule has 300 valence electrons. The summed E-state index contributed by atoms with van der Waals surface area (Å²) in [6.07, 6.45) is 4.48. The quantitative estimate of drug-likeness (QED) is 0.0995. The summed E-state index contributed by atoms with van der Waals surface area (Å²) in [7, 11) is 0. The second kappa shape index (κ2) is 19.9. The van der Waals surface area contributed by atoms with Gasteiger partial charge in [0.1, 0.15) is 30.6 Å². The van der Waals surface area contributed by atoms with E-state index in [1.165, 1.54) is 4.90 Å². The molecule has 5 amide bonds. The van der Waals surface area contributed by atoms with Crippen molar-refractivity contribution in [1.29, 1.82) is 0 Å². The van der Waals surface area contributed by atoms with E-state index >= 15 is 4.39 Å². The van der Waals surface area contributed by atoms with Crippen LogP contribution in [-0.4, -0.2) is 93.6 Å². The summed E-state index contributed by atoms with van der Waals surface area (Å²) in [5, 5.41) is 15.4. The van der Waals surface area contributed by atoms with Crippen LogP contribution in [0.5, 0.6) is 0 Å². The number of aliphatic hydroxyl groups is 1. The zero-order valence-electron chi connectivity index (χ0n) is 31.9. The molecular weight excluding hydrogens is 726 g/mol. The Morgan fingerprint density at radius 1 is 0.911 bits per heavy atom.